The van der Waals surface area contributed by atoms with E-state index in [1.165, 1.54) is 0 Å². The van der Waals surface area contributed by atoms with Crippen molar-refractivity contribution in [2.24, 2.45) is 5.92 Å². The van der Waals surface area contributed by atoms with Gasteiger partial charge in [-0.15, -0.1) is 0 Å². The van der Waals surface area contributed by atoms with E-state index in [1.54, 1.807) is 29.2 Å². The van der Waals surface area contributed by atoms with Crippen LogP contribution in [0.15, 0.2) is 75.9 Å². The Labute approximate surface area is 227 Å². The number of anilines is 1. The van der Waals surface area contributed by atoms with Crippen LogP contribution in [0.5, 0.6) is 17.2 Å². The molecule has 0 saturated carbocycles. The van der Waals surface area contributed by atoms with Crippen LogP contribution < -0.4 is 24.5 Å². The van der Waals surface area contributed by atoms with Crippen LogP contribution in [-0.4, -0.2) is 25.7 Å². The molecule has 202 valence electrons. The molecule has 1 unspecified atom stereocenters. The number of para-hydroxylation sites is 1. The lowest BCUT2D eigenvalue weighted by Crippen LogP contribution is -2.29. The molecule has 1 aliphatic heterocycles. The van der Waals surface area contributed by atoms with Crippen LogP contribution >= 0.6 is 0 Å². The molecule has 1 aliphatic rings. The minimum atomic E-state index is -0.713. The maximum atomic E-state index is 13.9. The van der Waals surface area contributed by atoms with E-state index in [-0.39, 0.29) is 17.1 Å². The molecular formula is C32H33NO6. The number of hydrogen-bond donors (Lipinski definition) is 0. The zero-order valence-corrected chi connectivity index (χ0v) is 22.7. The first kappa shape index (κ1) is 26.4. The van der Waals surface area contributed by atoms with Crippen molar-refractivity contribution in [3.63, 3.8) is 0 Å². The SMILES string of the molecule is CCOc1ccc(N2C(=O)c3oc4ccccc4c(=O)c3C2c2ccc(OCCC(C)C)c(OCC)c2)cc1. The van der Waals surface area contributed by atoms with E-state index < -0.39 is 6.04 Å². The van der Waals surface area contributed by atoms with E-state index in [1.807, 2.05) is 56.3 Å². The van der Waals surface area contributed by atoms with E-state index in [9.17, 15) is 9.59 Å². The first-order chi connectivity index (χ1) is 18.9. The van der Waals surface area contributed by atoms with Crippen molar-refractivity contribution < 1.29 is 23.4 Å². The lowest BCUT2D eigenvalue weighted by molar-refractivity contribution is 0.0971. The Balaban J connectivity index is 1.65. The highest BCUT2D eigenvalue weighted by Crippen LogP contribution is 2.43. The Morgan fingerprint density at radius 2 is 1.62 bits per heavy atom. The van der Waals surface area contributed by atoms with Gasteiger partial charge in [-0.1, -0.05) is 32.0 Å². The van der Waals surface area contributed by atoms with Gasteiger partial charge in [-0.2, -0.15) is 0 Å². The Morgan fingerprint density at radius 1 is 0.872 bits per heavy atom. The number of amides is 1. The second kappa shape index (κ2) is 11.2. The third-order valence-electron chi connectivity index (χ3n) is 6.74. The van der Waals surface area contributed by atoms with Gasteiger partial charge in [0.1, 0.15) is 11.3 Å². The number of carbonyl (C=O) groups is 1. The Bertz CT molecular complexity index is 1540. The van der Waals surface area contributed by atoms with Crippen molar-refractivity contribution in [1.82, 2.24) is 0 Å². The summed E-state index contributed by atoms with van der Waals surface area (Å²) in [5.74, 6) is 2.08. The molecule has 0 saturated heterocycles. The van der Waals surface area contributed by atoms with Crippen LogP contribution in [0.1, 0.15) is 61.8 Å². The number of benzene rings is 3. The molecule has 0 spiro atoms. The average Bonchev–Trinajstić information content (AvgIpc) is 3.22. The molecule has 39 heavy (non-hydrogen) atoms. The van der Waals surface area contributed by atoms with Crippen molar-refractivity contribution >= 4 is 22.6 Å². The molecule has 0 N–H and O–H groups in total. The van der Waals surface area contributed by atoms with Gasteiger partial charge in [-0.3, -0.25) is 14.5 Å². The molecule has 7 heteroatoms. The number of ether oxygens (including phenoxy) is 3. The first-order valence-corrected chi connectivity index (χ1v) is 13.4. The molecule has 0 radical (unpaired) electrons. The van der Waals surface area contributed by atoms with Gasteiger partial charge >= 0.3 is 0 Å². The maximum absolute atomic E-state index is 13.9. The maximum Gasteiger partial charge on any atom is 0.295 e. The number of hydrogen-bond acceptors (Lipinski definition) is 6. The van der Waals surface area contributed by atoms with E-state index in [4.69, 9.17) is 18.6 Å². The molecule has 1 aromatic heterocycles. The molecule has 7 nitrogen and oxygen atoms in total. The quantitative estimate of drug-likeness (QED) is 0.227. The second-order valence-corrected chi connectivity index (χ2v) is 9.84. The summed E-state index contributed by atoms with van der Waals surface area (Å²) in [6.07, 6.45) is 0.914. The van der Waals surface area contributed by atoms with Crippen molar-refractivity contribution in [2.45, 2.75) is 40.2 Å². The molecule has 2 heterocycles. The van der Waals surface area contributed by atoms with E-state index in [0.29, 0.717) is 65.2 Å². The summed E-state index contributed by atoms with van der Waals surface area (Å²) < 4.78 is 23.6. The fourth-order valence-corrected chi connectivity index (χ4v) is 4.86. The molecular weight excluding hydrogens is 494 g/mol. The zero-order chi connectivity index (χ0) is 27.5. The van der Waals surface area contributed by atoms with Gasteiger partial charge in [0.05, 0.1) is 36.8 Å². The van der Waals surface area contributed by atoms with Crippen molar-refractivity contribution in [1.29, 1.82) is 0 Å². The largest absolute Gasteiger partial charge is 0.494 e. The van der Waals surface area contributed by atoms with Crippen molar-refractivity contribution in [2.75, 3.05) is 24.7 Å². The van der Waals surface area contributed by atoms with Crippen molar-refractivity contribution in [3.05, 3.63) is 93.8 Å². The van der Waals surface area contributed by atoms with Gasteiger partial charge in [0, 0.05) is 5.69 Å². The average molecular weight is 528 g/mol. The molecule has 1 atom stereocenters. The first-order valence-electron chi connectivity index (χ1n) is 13.4. The van der Waals surface area contributed by atoms with Crippen LogP contribution in [-0.2, 0) is 0 Å². The second-order valence-electron chi connectivity index (χ2n) is 9.84. The third-order valence-corrected chi connectivity index (χ3v) is 6.74. The highest BCUT2D eigenvalue weighted by Gasteiger charge is 2.44. The van der Waals surface area contributed by atoms with Crippen LogP contribution in [0.4, 0.5) is 5.69 Å². The molecule has 0 bridgehead atoms. The summed E-state index contributed by atoms with van der Waals surface area (Å²) in [7, 11) is 0. The Kier molecular flexibility index (Phi) is 7.59. The third kappa shape index (κ3) is 5.09. The number of carbonyl (C=O) groups excluding carboxylic acids is 1. The predicted molar refractivity (Wildman–Crippen MR) is 151 cm³/mol. The summed E-state index contributed by atoms with van der Waals surface area (Å²) in [4.78, 5) is 29.3. The van der Waals surface area contributed by atoms with Gasteiger partial charge in [0.15, 0.2) is 16.9 Å². The highest BCUT2D eigenvalue weighted by molar-refractivity contribution is 6.10. The Hall–Kier alpha value is -4.26. The van der Waals surface area contributed by atoms with E-state index in [0.717, 1.165) is 12.0 Å². The van der Waals surface area contributed by atoms with E-state index in [2.05, 4.69) is 13.8 Å². The minimum absolute atomic E-state index is 0.0489. The smallest absolute Gasteiger partial charge is 0.295 e. The minimum Gasteiger partial charge on any atom is -0.494 e. The number of nitrogens with zero attached hydrogens (tertiary/aromatic N) is 1. The predicted octanol–water partition coefficient (Wildman–Crippen LogP) is 6.77. The lowest BCUT2D eigenvalue weighted by atomic mass is 9.97. The summed E-state index contributed by atoms with van der Waals surface area (Å²) in [6, 6.07) is 19.1. The van der Waals surface area contributed by atoms with Gasteiger partial charge in [-0.05, 0) is 80.3 Å². The summed E-state index contributed by atoms with van der Waals surface area (Å²) in [5.41, 5.74) is 1.81. The number of fused-ring (bicyclic) bond motifs is 2. The van der Waals surface area contributed by atoms with Gasteiger partial charge in [0.25, 0.3) is 5.91 Å². The summed E-state index contributed by atoms with van der Waals surface area (Å²) >= 11 is 0. The molecule has 4 aromatic rings. The molecule has 5 rings (SSSR count). The van der Waals surface area contributed by atoms with Gasteiger partial charge in [-0.25, -0.2) is 0 Å². The van der Waals surface area contributed by atoms with Crippen LogP contribution in [0.25, 0.3) is 11.0 Å². The molecule has 0 fully saturated rings. The van der Waals surface area contributed by atoms with E-state index >= 15 is 0 Å². The lowest BCUT2D eigenvalue weighted by Gasteiger charge is -2.26. The highest BCUT2D eigenvalue weighted by atomic mass is 16.5. The van der Waals surface area contributed by atoms with Gasteiger partial charge in [0.2, 0.25) is 5.76 Å². The van der Waals surface area contributed by atoms with Crippen LogP contribution in [0.2, 0.25) is 0 Å². The van der Waals surface area contributed by atoms with Crippen LogP contribution in [0.3, 0.4) is 0 Å². The fraction of sp³-hybridized carbons (Fsp3) is 0.312. The molecule has 3 aromatic carbocycles. The topological polar surface area (TPSA) is 78.2 Å². The number of rotatable bonds is 10. The molecule has 0 aliphatic carbocycles. The monoisotopic (exact) mass is 527 g/mol. The zero-order valence-electron chi connectivity index (χ0n) is 22.7. The molecule has 1 amide bonds. The van der Waals surface area contributed by atoms with Crippen LogP contribution in [0, 0.1) is 5.92 Å². The Morgan fingerprint density at radius 3 is 2.33 bits per heavy atom. The normalized spacial score (nSPS) is 14.6. The fourth-order valence-electron chi connectivity index (χ4n) is 4.86. The summed E-state index contributed by atoms with van der Waals surface area (Å²) in [6.45, 7) is 9.66. The van der Waals surface area contributed by atoms with Crippen molar-refractivity contribution in [3.8, 4) is 17.2 Å². The van der Waals surface area contributed by atoms with Gasteiger partial charge < -0.3 is 18.6 Å². The standard InChI is InChI=1S/C32H33NO6/c1-5-36-23-14-12-22(13-15-23)33-29(21-11-16-26(27(19-21)37-6-2)38-18-17-20(3)4)28-30(34)24-9-7-8-10-25(24)39-31(28)32(33)35/h7-16,19-20,29H,5-6,17-18H2,1-4H3. The summed E-state index contributed by atoms with van der Waals surface area (Å²) in [5, 5.41) is 0.432.